The summed E-state index contributed by atoms with van der Waals surface area (Å²) in [5.41, 5.74) is 0.703. The number of benzene rings is 1. The third-order valence-electron chi connectivity index (χ3n) is 2.49. The normalized spacial score (nSPS) is 10.8. The predicted molar refractivity (Wildman–Crippen MR) is 71.1 cm³/mol. The third-order valence-corrected chi connectivity index (χ3v) is 2.49. The fraction of sp³-hybridized carbons (Fsp3) is 0.143. The first-order valence-electron chi connectivity index (χ1n) is 5.89. The Balaban J connectivity index is 2.22. The van der Waals surface area contributed by atoms with Gasteiger partial charge in [0.1, 0.15) is 5.75 Å². The Hall–Kier alpha value is -2.56. The topological polar surface area (TPSA) is 64.3 Å². The molecule has 5 nitrogen and oxygen atoms in total. The number of ether oxygens (including phenoxy) is 1. The number of hydrogen-bond acceptors (Lipinski definition) is 3. The van der Waals surface area contributed by atoms with E-state index in [9.17, 15) is 4.79 Å². The molecule has 0 amide bonds. The summed E-state index contributed by atoms with van der Waals surface area (Å²) in [6.07, 6.45) is 6.00. The summed E-state index contributed by atoms with van der Waals surface area (Å²) in [5, 5.41) is 12.8. The van der Waals surface area contributed by atoms with Gasteiger partial charge in [-0.3, -0.25) is 4.68 Å². The first-order valence-corrected chi connectivity index (χ1v) is 5.89. The minimum Gasteiger partial charge on any atom is -0.478 e. The molecular formula is C14H14N2O3. The van der Waals surface area contributed by atoms with Gasteiger partial charge in [0.05, 0.1) is 12.4 Å². The van der Waals surface area contributed by atoms with Crippen LogP contribution in [-0.2, 0) is 11.3 Å². The van der Waals surface area contributed by atoms with Gasteiger partial charge in [-0.15, -0.1) is 0 Å². The van der Waals surface area contributed by atoms with E-state index in [1.54, 1.807) is 29.2 Å². The average Bonchev–Trinajstić information content (AvgIpc) is 2.85. The minimum atomic E-state index is -0.992. The number of hydrogen-bond donors (Lipinski definition) is 1. The summed E-state index contributed by atoms with van der Waals surface area (Å²) in [6, 6.07) is 7.23. The van der Waals surface area contributed by atoms with E-state index < -0.39 is 5.97 Å². The van der Waals surface area contributed by atoms with Crippen LogP contribution in [0.25, 0.3) is 6.08 Å². The zero-order valence-corrected chi connectivity index (χ0v) is 10.5. The lowest BCUT2D eigenvalue weighted by molar-refractivity contribution is -0.131. The quantitative estimate of drug-likeness (QED) is 0.837. The molecule has 0 aliphatic rings. The second-order valence-electron chi connectivity index (χ2n) is 3.84. The lowest BCUT2D eigenvalue weighted by Gasteiger charge is -2.06. The number of aliphatic carboxylic acids is 1. The van der Waals surface area contributed by atoms with Crippen LogP contribution in [0.5, 0.6) is 11.5 Å². The maximum Gasteiger partial charge on any atom is 0.328 e. The molecule has 0 bridgehead atoms. The summed E-state index contributed by atoms with van der Waals surface area (Å²) in [7, 11) is 0. The Morgan fingerprint density at radius 2 is 2.26 bits per heavy atom. The van der Waals surface area contributed by atoms with Gasteiger partial charge >= 0.3 is 5.97 Å². The molecule has 0 unspecified atom stereocenters. The number of aryl methyl sites for hydroxylation is 1. The zero-order valence-electron chi connectivity index (χ0n) is 10.5. The zero-order chi connectivity index (χ0) is 13.7. The predicted octanol–water partition coefficient (Wildman–Crippen LogP) is 2.79. The van der Waals surface area contributed by atoms with E-state index in [4.69, 9.17) is 9.84 Å². The van der Waals surface area contributed by atoms with Gasteiger partial charge in [-0.05, 0) is 19.1 Å². The Bertz CT molecular complexity index is 602. The highest BCUT2D eigenvalue weighted by atomic mass is 16.5. The van der Waals surface area contributed by atoms with Crippen molar-refractivity contribution >= 4 is 12.0 Å². The number of carboxylic acids is 1. The molecule has 0 spiro atoms. The molecule has 0 saturated carbocycles. The van der Waals surface area contributed by atoms with E-state index >= 15 is 0 Å². The monoisotopic (exact) mass is 258 g/mol. The first-order chi connectivity index (χ1) is 9.19. The van der Waals surface area contributed by atoms with Crippen molar-refractivity contribution in [2.24, 2.45) is 0 Å². The molecule has 1 heterocycles. The van der Waals surface area contributed by atoms with E-state index in [-0.39, 0.29) is 0 Å². The van der Waals surface area contributed by atoms with E-state index in [1.807, 2.05) is 19.1 Å². The molecule has 2 aromatic rings. The van der Waals surface area contributed by atoms with Crippen LogP contribution in [0.3, 0.4) is 0 Å². The number of carbonyl (C=O) groups is 1. The van der Waals surface area contributed by atoms with Crippen LogP contribution in [0.1, 0.15) is 12.5 Å². The summed E-state index contributed by atoms with van der Waals surface area (Å²) in [4.78, 5) is 10.5. The van der Waals surface area contributed by atoms with Gasteiger partial charge in [-0.25, -0.2) is 4.79 Å². The van der Waals surface area contributed by atoms with Crippen LogP contribution in [0.15, 0.2) is 42.7 Å². The van der Waals surface area contributed by atoms with Crippen LogP contribution in [0.4, 0.5) is 0 Å². The Kier molecular flexibility index (Phi) is 3.97. The number of carboxylic acid groups (broad SMARTS) is 1. The second-order valence-corrected chi connectivity index (χ2v) is 3.84. The molecule has 0 fully saturated rings. The molecule has 0 aliphatic heterocycles. The van der Waals surface area contributed by atoms with Gasteiger partial charge in [0.2, 0.25) is 0 Å². The molecule has 0 atom stereocenters. The maximum atomic E-state index is 10.5. The number of nitrogens with zero attached hydrogens (tertiary/aromatic N) is 2. The highest BCUT2D eigenvalue weighted by Crippen LogP contribution is 2.25. The molecule has 2 rings (SSSR count). The van der Waals surface area contributed by atoms with Crippen molar-refractivity contribution in [2.75, 3.05) is 0 Å². The number of rotatable bonds is 5. The summed E-state index contributed by atoms with van der Waals surface area (Å²) in [6.45, 7) is 2.75. The maximum absolute atomic E-state index is 10.5. The summed E-state index contributed by atoms with van der Waals surface area (Å²) in [5.74, 6) is 0.224. The molecule has 1 aromatic heterocycles. The van der Waals surface area contributed by atoms with Crippen molar-refractivity contribution in [2.45, 2.75) is 13.5 Å². The average molecular weight is 258 g/mol. The fourth-order valence-corrected chi connectivity index (χ4v) is 1.57. The van der Waals surface area contributed by atoms with Crippen molar-refractivity contribution < 1.29 is 14.6 Å². The highest BCUT2D eigenvalue weighted by Gasteiger charge is 2.04. The molecule has 5 heteroatoms. The minimum absolute atomic E-state index is 0.593. The number of aromatic nitrogens is 2. The molecule has 1 N–H and O–H groups in total. The van der Waals surface area contributed by atoms with E-state index in [2.05, 4.69) is 5.10 Å². The van der Waals surface area contributed by atoms with E-state index in [0.29, 0.717) is 17.1 Å². The molecule has 1 aromatic carbocycles. The van der Waals surface area contributed by atoms with Gasteiger partial charge in [-0.2, -0.15) is 5.10 Å². The summed E-state index contributed by atoms with van der Waals surface area (Å²) >= 11 is 0. The molecular weight excluding hydrogens is 244 g/mol. The lowest BCUT2D eigenvalue weighted by atomic mass is 10.2. The van der Waals surface area contributed by atoms with Gasteiger partial charge in [0.15, 0.2) is 5.75 Å². The highest BCUT2D eigenvalue weighted by molar-refractivity contribution is 5.85. The molecule has 19 heavy (non-hydrogen) atoms. The molecule has 98 valence electrons. The van der Waals surface area contributed by atoms with Crippen molar-refractivity contribution in [3.8, 4) is 11.5 Å². The summed E-state index contributed by atoms with van der Waals surface area (Å²) < 4.78 is 7.45. The lowest BCUT2D eigenvalue weighted by Crippen LogP contribution is -1.92. The van der Waals surface area contributed by atoms with Crippen LogP contribution in [0, 0.1) is 0 Å². The van der Waals surface area contributed by atoms with Crippen LogP contribution >= 0.6 is 0 Å². The largest absolute Gasteiger partial charge is 0.478 e. The molecule has 0 saturated heterocycles. The van der Waals surface area contributed by atoms with Crippen molar-refractivity contribution in [3.63, 3.8) is 0 Å². The second kappa shape index (κ2) is 5.86. The first kappa shape index (κ1) is 12.9. The van der Waals surface area contributed by atoms with E-state index in [0.717, 1.165) is 12.6 Å². The molecule has 0 aliphatic carbocycles. The van der Waals surface area contributed by atoms with Gasteiger partial charge in [-0.1, -0.05) is 18.2 Å². The van der Waals surface area contributed by atoms with E-state index in [1.165, 1.54) is 6.08 Å². The van der Waals surface area contributed by atoms with Gasteiger partial charge in [0.25, 0.3) is 0 Å². The number of para-hydroxylation sites is 1. The van der Waals surface area contributed by atoms with Crippen molar-refractivity contribution in [3.05, 3.63) is 48.3 Å². The third kappa shape index (κ3) is 3.45. The Labute approximate surface area is 110 Å². The van der Waals surface area contributed by atoms with Crippen molar-refractivity contribution in [1.29, 1.82) is 0 Å². The smallest absolute Gasteiger partial charge is 0.328 e. The Morgan fingerprint density at radius 1 is 1.47 bits per heavy atom. The fourth-order valence-electron chi connectivity index (χ4n) is 1.57. The Morgan fingerprint density at radius 3 is 2.95 bits per heavy atom. The SMILES string of the molecule is CCn1cc(Oc2ccccc2/C=C/C(=O)O)cn1. The molecule has 0 radical (unpaired) electrons. The van der Waals surface area contributed by atoms with Crippen LogP contribution < -0.4 is 4.74 Å². The van der Waals surface area contributed by atoms with Gasteiger partial charge in [0, 0.05) is 18.2 Å². The van der Waals surface area contributed by atoms with Crippen LogP contribution in [0.2, 0.25) is 0 Å². The van der Waals surface area contributed by atoms with Crippen LogP contribution in [-0.4, -0.2) is 20.9 Å². The standard InChI is InChI=1S/C14H14N2O3/c1-2-16-10-12(9-15-16)19-13-6-4-3-5-11(13)7-8-14(17)18/h3-10H,2H2,1H3,(H,17,18)/b8-7+. The van der Waals surface area contributed by atoms with Gasteiger partial charge < -0.3 is 9.84 Å². The van der Waals surface area contributed by atoms with Crippen molar-refractivity contribution in [1.82, 2.24) is 9.78 Å².